The number of carbonyl (C=O) groups excluding carboxylic acids is 2. The first kappa shape index (κ1) is 18.4. The van der Waals surface area contributed by atoms with Crippen molar-refractivity contribution in [3.8, 4) is 0 Å². The van der Waals surface area contributed by atoms with Crippen molar-refractivity contribution >= 4 is 23.1 Å². The van der Waals surface area contributed by atoms with Crippen LogP contribution in [0.2, 0.25) is 0 Å². The van der Waals surface area contributed by atoms with Crippen LogP contribution in [-0.2, 0) is 10.9 Å². The van der Waals surface area contributed by atoms with Gasteiger partial charge in [0.25, 0.3) is 5.91 Å². The molecule has 0 radical (unpaired) electrons. The molecule has 3 rings (SSSR count). The number of halogens is 3. The predicted octanol–water partition coefficient (Wildman–Crippen LogP) is 3.78. The molecule has 1 amide bonds. The van der Waals surface area contributed by atoms with Crippen LogP contribution in [0.1, 0.15) is 33.2 Å². The number of rotatable bonds is 4. The largest absolute Gasteiger partial charge is 0.462 e. The number of fused-ring (bicyclic) bond motifs is 1. The minimum Gasteiger partial charge on any atom is -0.462 e. The number of amides is 1. The molecular formula is C18H14F3N3O3. The van der Waals surface area contributed by atoms with E-state index in [9.17, 15) is 22.8 Å². The minimum absolute atomic E-state index is 0.0713. The number of nitrogens with one attached hydrogen (secondary N) is 1. The fourth-order valence-electron chi connectivity index (χ4n) is 2.44. The van der Waals surface area contributed by atoms with Crippen molar-refractivity contribution in [2.45, 2.75) is 13.1 Å². The Morgan fingerprint density at radius 2 is 1.89 bits per heavy atom. The van der Waals surface area contributed by atoms with Gasteiger partial charge in [0.05, 0.1) is 23.9 Å². The second-order valence-corrected chi connectivity index (χ2v) is 5.55. The summed E-state index contributed by atoms with van der Waals surface area (Å²) in [7, 11) is 0. The van der Waals surface area contributed by atoms with Gasteiger partial charge in [-0.15, -0.1) is 0 Å². The van der Waals surface area contributed by atoms with Crippen molar-refractivity contribution in [2.24, 2.45) is 0 Å². The predicted molar refractivity (Wildman–Crippen MR) is 90.5 cm³/mol. The summed E-state index contributed by atoms with van der Waals surface area (Å²) in [6.45, 7) is 1.89. The van der Waals surface area contributed by atoms with Crippen molar-refractivity contribution in [3.63, 3.8) is 0 Å². The number of carbonyl (C=O) groups is 2. The van der Waals surface area contributed by atoms with E-state index in [1.54, 1.807) is 19.2 Å². The minimum atomic E-state index is -4.47. The van der Waals surface area contributed by atoms with E-state index in [0.717, 1.165) is 24.3 Å². The molecule has 0 fully saturated rings. The maximum Gasteiger partial charge on any atom is 0.416 e. The van der Waals surface area contributed by atoms with Crippen LogP contribution in [0, 0.1) is 0 Å². The topological polar surface area (TPSA) is 72.7 Å². The molecule has 2 heterocycles. The average molecular weight is 377 g/mol. The first-order chi connectivity index (χ1) is 12.8. The van der Waals surface area contributed by atoms with E-state index in [2.05, 4.69) is 10.4 Å². The number of aromatic nitrogens is 2. The van der Waals surface area contributed by atoms with E-state index in [1.165, 1.54) is 16.8 Å². The van der Waals surface area contributed by atoms with E-state index < -0.39 is 23.6 Å². The highest BCUT2D eigenvalue weighted by Crippen LogP contribution is 2.29. The van der Waals surface area contributed by atoms with Gasteiger partial charge in [-0.1, -0.05) is 0 Å². The average Bonchev–Trinajstić information content (AvgIpc) is 3.04. The standard InChI is InChI=1S/C18H14F3N3O3/c1-2-27-17(26)14-10-22-24-8-7-13(9-15(14)24)23-16(25)11-3-5-12(6-4-11)18(19,20)21/h3-10H,2H2,1H3,(H,23,25). The summed E-state index contributed by atoms with van der Waals surface area (Å²) in [5, 5.41) is 6.61. The van der Waals surface area contributed by atoms with Gasteiger partial charge in [0.15, 0.2) is 0 Å². The number of ether oxygens (including phenoxy) is 1. The second-order valence-electron chi connectivity index (χ2n) is 5.55. The fraction of sp³-hybridized carbons (Fsp3) is 0.167. The highest BCUT2D eigenvalue weighted by Gasteiger charge is 2.30. The Kier molecular flexibility index (Phi) is 4.85. The maximum absolute atomic E-state index is 12.6. The molecule has 0 spiro atoms. The van der Waals surface area contributed by atoms with E-state index in [-0.39, 0.29) is 17.7 Å². The Morgan fingerprint density at radius 1 is 1.19 bits per heavy atom. The Morgan fingerprint density at radius 3 is 2.52 bits per heavy atom. The molecule has 9 heteroatoms. The third-order valence-electron chi connectivity index (χ3n) is 3.75. The quantitative estimate of drug-likeness (QED) is 0.703. The van der Waals surface area contributed by atoms with Crippen LogP contribution in [-0.4, -0.2) is 28.1 Å². The molecule has 6 nitrogen and oxygen atoms in total. The second kappa shape index (κ2) is 7.10. The molecule has 0 aliphatic heterocycles. The summed E-state index contributed by atoms with van der Waals surface area (Å²) in [5.74, 6) is -1.12. The fourth-order valence-corrected chi connectivity index (χ4v) is 2.44. The third-order valence-corrected chi connectivity index (χ3v) is 3.75. The summed E-state index contributed by atoms with van der Waals surface area (Å²) in [6.07, 6.45) is -1.57. The van der Waals surface area contributed by atoms with E-state index in [4.69, 9.17) is 4.74 Å². The zero-order valence-electron chi connectivity index (χ0n) is 14.1. The molecule has 0 saturated heterocycles. The van der Waals surface area contributed by atoms with Crippen LogP contribution in [0.15, 0.2) is 48.8 Å². The van der Waals surface area contributed by atoms with Gasteiger partial charge in [0.1, 0.15) is 5.56 Å². The molecule has 0 atom stereocenters. The van der Waals surface area contributed by atoms with Crippen molar-refractivity contribution in [1.82, 2.24) is 9.61 Å². The van der Waals surface area contributed by atoms with Gasteiger partial charge in [-0.25, -0.2) is 9.31 Å². The lowest BCUT2D eigenvalue weighted by molar-refractivity contribution is -0.137. The highest BCUT2D eigenvalue weighted by atomic mass is 19.4. The molecule has 0 saturated carbocycles. The maximum atomic E-state index is 12.6. The van der Waals surface area contributed by atoms with E-state index in [0.29, 0.717) is 11.2 Å². The van der Waals surface area contributed by atoms with E-state index in [1.807, 2.05) is 0 Å². The molecule has 0 unspecified atom stereocenters. The normalized spacial score (nSPS) is 11.4. The molecule has 27 heavy (non-hydrogen) atoms. The van der Waals surface area contributed by atoms with E-state index >= 15 is 0 Å². The number of anilines is 1. The van der Waals surface area contributed by atoms with Crippen LogP contribution in [0.25, 0.3) is 5.52 Å². The van der Waals surface area contributed by atoms with Crippen LogP contribution in [0.5, 0.6) is 0 Å². The molecule has 0 aliphatic rings. The van der Waals surface area contributed by atoms with Crippen LogP contribution in [0.3, 0.4) is 0 Å². The van der Waals surface area contributed by atoms with Crippen LogP contribution < -0.4 is 5.32 Å². The Hall–Kier alpha value is -3.36. The molecule has 1 aromatic carbocycles. The SMILES string of the molecule is CCOC(=O)c1cnn2ccc(NC(=O)c3ccc(C(F)(F)F)cc3)cc12. The van der Waals surface area contributed by atoms with Gasteiger partial charge in [-0.2, -0.15) is 18.3 Å². The lowest BCUT2D eigenvalue weighted by Gasteiger charge is -2.09. The lowest BCUT2D eigenvalue weighted by Crippen LogP contribution is -2.13. The van der Waals surface area contributed by atoms with Gasteiger partial charge >= 0.3 is 12.1 Å². The monoisotopic (exact) mass is 377 g/mol. The molecule has 0 bridgehead atoms. The van der Waals surface area contributed by atoms with Gasteiger partial charge < -0.3 is 10.1 Å². The van der Waals surface area contributed by atoms with Crippen molar-refractivity contribution in [1.29, 1.82) is 0 Å². The van der Waals surface area contributed by atoms with Gasteiger partial charge in [0, 0.05) is 17.4 Å². The van der Waals surface area contributed by atoms with Gasteiger partial charge in [-0.05, 0) is 43.3 Å². The number of hydrogen-bond donors (Lipinski definition) is 1. The van der Waals surface area contributed by atoms with Crippen molar-refractivity contribution < 1.29 is 27.5 Å². The summed E-state index contributed by atoms with van der Waals surface area (Å²) in [4.78, 5) is 24.2. The molecule has 2 aromatic heterocycles. The Balaban J connectivity index is 1.82. The number of esters is 1. The van der Waals surface area contributed by atoms with Crippen molar-refractivity contribution in [3.05, 3.63) is 65.5 Å². The summed E-state index contributed by atoms with van der Waals surface area (Å²) in [6, 6.07) is 6.96. The Bertz CT molecular complexity index is 994. The molecule has 140 valence electrons. The van der Waals surface area contributed by atoms with Crippen LogP contribution in [0.4, 0.5) is 18.9 Å². The van der Waals surface area contributed by atoms with Crippen LogP contribution >= 0.6 is 0 Å². The number of benzene rings is 1. The number of nitrogens with zero attached hydrogens (tertiary/aromatic N) is 2. The number of alkyl halides is 3. The zero-order valence-corrected chi connectivity index (χ0v) is 14.1. The summed E-state index contributed by atoms with van der Waals surface area (Å²) in [5.41, 5.74) is 0.264. The smallest absolute Gasteiger partial charge is 0.416 e. The highest BCUT2D eigenvalue weighted by molar-refractivity contribution is 6.05. The first-order valence-electron chi connectivity index (χ1n) is 7.92. The molecule has 3 aromatic rings. The Labute approximate surface area is 151 Å². The summed E-state index contributed by atoms with van der Waals surface area (Å²) < 4.78 is 44.2. The molecule has 1 N–H and O–H groups in total. The summed E-state index contributed by atoms with van der Waals surface area (Å²) >= 11 is 0. The molecular weight excluding hydrogens is 363 g/mol. The van der Waals surface area contributed by atoms with Crippen molar-refractivity contribution in [2.75, 3.05) is 11.9 Å². The zero-order chi connectivity index (χ0) is 19.6. The lowest BCUT2D eigenvalue weighted by atomic mass is 10.1. The first-order valence-corrected chi connectivity index (χ1v) is 7.92. The molecule has 0 aliphatic carbocycles. The third kappa shape index (κ3) is 3.91. The van der Waals surface area contributed by atoms with Gasteiger partial charge in [-0.3, -0.25) is 4.79 Å². The van der Waals surface area contributed by atoms with Gasteiger partial charge in [0.2, 0.25) is 0 Å². The number of pyridine rings is 1. The number of hydrogen-bond acceptors (Lipinski definition) is 4.